The molecule has 0 amide bonds. The molecule has 0 saturated carbocycles. The minimum absolute atomic E-state index is 0.125. The Hall–Kier alpha value is -0.160. The van der Waals surface area contributed by atoms with Crippen molar-refractivity contribution >= 4 is 0 Å². The van der Waals surface area contributed by atoms with E-state index in [1.807, 2.05) is 52.1 Å². The molecule has 0 aliphatic rings. The maximum Gasteiger partial charge on any atom is 0.0662 e. The van der Waals surface area contributed by atoms with Gasteiger partial charge in [-0.05, 0) is 42.3 Å². The van der Waals surface area contributed by atoms with Gasteiger partial charge in [-0.25, -0.2) is 0 Å². The molecule has 0 aromatic heterocycles. The van der Waals surface area contributed by atoms with Crippen molar-refractivity contribution in [2.45, 2.75) is 0 Å². The Morgan fingerprint density at radius 2 is 0.750 bits per heavy atom. The van der Waals surface area contributed by atoms with Gasteiger partial charge in [0.2, 0.25) is 0 Å². The SMILES string of the molecule is CN(C)C.CN(C)C.OCCO. The van der Waals surface area contributed by atoms with E-state index in [9.17, 15) is 0 Å². The van der Waals surface area contributed by atoms with E-state index in [1.54, 1.807) is 0 Å². The standard InChI is InChI=1S/2C3H9N.C2H6O2/c2*1-4(2)3;3-1-2-4/h2*1-3H3;3-4H,1-2H2. The molecule has 0 aliphatic carbocycles. The van der Waals surface area contributed by atoms with Crippen LogP contribution in [0, 0.1) is 0 Å². The molecule has 2 N–H and O–H groups in total. The summed E-state index contributed by atoms with van der Waals surface area (Å²) in [6.45, 7) is -0.250. The van der Waals surface area contributed by atoms with E-state index in [2.05, 4.69) is 0 Å². The van der Waals surface area contributed by atoms with Crippen LogP contribution in [0.5, 0.6) is 0 Å². The van der Waals surface area contributed by atoms with Gasteiger partial charge >= 0.3 is 0 Å². The molecule has 0 unspecified atom stereocenters. The molecule has 12 heavy (non-hydrogen) atoms. The van der Waals surface area contributed by atoms with E-state index >= 15 is 0 Å². The first-order chi connectivity index (χ1) is 5.38. The van der Waals surface area contributed by atoms with E-state index < -0.39 is 0 Å². The monoisotopic (exact) mass is 180 g/mol. The molecule has 0 fully saturated rings. The van der Waals surface area contributed by atoms with Gasteiger partial charge in [-0.1, -0.05) is 0 Å². The van der Waals surface area contributed by atoms with Gasteiger partial charge in [0.05, 0.1) is 13.2 Å². The van der Waals surface area contributed by atoms with Gasteiger partial charge in [0.25, 0.3) is 0 Å². The van der Waals surface area contributed by atoms with Crippen molar-refractivity contribution < 1.29 is 10.2 Å². The zero-order valence-electron chi connectivity index (χ0n) is 9.20. The molecule has 0 bridgehead atoms. The van der Waals surface area contributed by atoms with Crippen LogP contribution in [0.3, 0.4) is 0 Å². The van der Waals surface area contributed by atoms with Crippen LogP contribution in [-0.2, 0) is 0 Å². The first-order valence-electron chi connectivity index (χ1n) is 3.82. The normalized spacial score (nSPS) is 8.50. The fourth-order valence-electron chi connectivity index (χ4n) is 0. The lowest BCUT2D eigenvalue weighted by Crippen LogP contribution is -1.99. The molecule has 0 aromatic carbocycles. The van der Waals surface area contributed by atoms with Crippen LogP contribution in [0.2, 0.25) is 0 Å². The number of aliphatic hydroxyl groups excluding tert-OH is 2. The first-order valence-corrected chi connectivity index (χ1v) is 3.82. The third-order valence-electron chi connectivity index (χ3n) is 0.1000. The predicted molar refractivity (Wildman–Crippen MR) is 53.4 cm³/mol. The second kappa shape index (κ2) is 17.1. The summed E-state index contributed by atoms with van der Waals surface area (Å²) in [5.74, 6) is 0. The third-order valence-corrected chi connectivity index (χ3v) is 0.1000. The summed E-state index contributed by atoms with van der Waals surface area (Å²) >= 11 is 0. The smallest absolute Gasteiger partial charge is 0.0662 e. The minimum Gasteiger partial charge on any atom is -0.394 e. The van der Waals surface area contributed by atoms with Crippen molar-refractivity contribution in [3.63, 3.8) is 0 Å². The molecule has 4 nitrogen and oxygen atoms in total. The second-order valence-electron chi connectivity index (χ2n) is 3.13. The van der Waals surface area contributed by atoms with Gasteiger partial charge in [0.1, 0.15) is 0 Å². The Morgan fingerprint density at radius 1 is 0.667 bits per heavy atom. The summed E-state index contributed by atoms with van der Waals surface area (Å²) in [4.78, 5) is 4.00. The van der Waals surface area contributed by atoms with E-state index in [1.165, 1.54) is 0 Å². The molecule has 0 spiro atoms. The van der Waals surface area contributed by atoms with Gasteiger partial charge in [0, 0.05) is 0 Å². The van der Waals surface area contributed by atoms with Crippen molar-refractivity contribution in [3.8, 4) is 0 Å². The summed E-state index contributed by atoms with van der Waals surface area (Å²) in [7, 11) is 12.0. The predicted octanol–water partition coefficient (Wildman–Crippen LogP) is -0.673. The Labute approximate surface area is 76.4 Å². The minimum atomic E-state index is -0.125. The summed E-state index contributed by atoms with van der Waals surface area (Å²) < 4.78 is 0. The lowest BCUT2D eigenvalue weighted by molar-refractivity contribution is 0.186. The van der Waals surface area contributed by atoms with Gasteiger partial charge in [0.15, 0.2) is 0 Å². The molecule has 0 rings (SSSR count). The van der Waals surface area contributed by atoms with Crippen LogP contribution in [0.4, 0.5) is 0 Å². The van der Waals surface area contributed by atoms with Gasteiger partial charge in [-0.3, -0.25) is 0 Å². The maximum absolute atomic E-state index is 7.62. The van der Waals surface area contributed by atoms with Crippen LogP contribution in [0.15, 0.2) is 0 Å². The van der Waals surface area contributed by atoms with Gasteiger partial charge < -0.3 is 20.0 Å². The zero-order chi connectivity index (χ0) is 10.6. The average Bonchev–Trinajstić information content (AvgIpc) is 1.85. The number of nitrogens with zero attached hydrogens (tertiary/aromatic N) is 2. The van der Waals surface area contributed by atoms with E-state index in [4.69, 9.17) is 10.2 Å². The molecular formula is C8H24N2O2. The van der Waals surface area contributed by atoms with Crippen molar-refractivity contribution in [2.75, 3.05) is 55.5 Å². The Balaban J connectivity index is -0.000000101. The Kier molecular flexibility index (Phi) is 25.3. The Bertz CT molecular complexity index is 45.5. The summed E-state index contributed by atoms with van der Waals surface area (Å²) in [6, 6.07) is 0. The fraction of sp³-hybridized carbons (Fsp3) is 1.00. The molecule has 78 valence electrons. The zero-order valence-corrected chi connectivity index (χ0v) is 9.20. The molecule has 0 heterocycles. The largest absolute Gasteiger partial charge is 0.394 e. The maximum atomic E-state index is 7.62. The quantitative estimate of drug-likeness (QED) is 0.562. The molecule has 0 radical (unpaired) electrons. The highest BCUT2D eigenvalue weighted by Crippen LogP contribution is 1.48. The number of hydrogen-bond acceptors (Lipinski definition) is 4. The van der Waals surface area contributed by atoms with E-state index in [-0.39, 0.29) is 13.2 Å². The van der Waals surface area contributed by atoms with Crippen LogP contribution in [0.25, 0.3) is 0 Å². The highest BCUT2D eigenvalue weighted by molar-refractivity contribution is 4.09. The molecule has 0 aliphatic heterocycles. The van der Waals surface area contributed by atoms with Crippen molar-refractivity contribution in [1.29, 1.82) is 0 Å². The molecule has 0 saturated heterocycles. The Morgan fingerprint density at radius 3 is 0.750 bits per heavy atom. The number of rotatable bonds is 1. The summed E-state index contributed by atoms with van der Waals surface area (Å²) in [6.07, 6.45) is 0. The van der Waals surface area contributed by atoms with Crippen molar-refractivity contribution in [3.05, 3.63) is 0 Å². The summed E-state index contributed by atoms with van der Waals surface area (Å²) in [5.41, 5.74) is 0. The van der Waals surface area contributed by atoms with E-state index in [0.29, 0.717) is 0 Å². The average molecular weight is 180 g/mol. The van der Waals surface area contributed by atoms with Crippen LogP contribution >= 0.6 is 0 Å². The van der Waals surface area contributed by atoms with Crippen LogP contribution in [0.1, 0.15) is 0 Å². The summed E-state index contributed by atoms with van der Waals surface area (Å²) in [5, 5.41) is 15.2. The molecular weight excluding hydrogens is 156 g/mol. The lowest BCUT2D eigenvalue weighted by atomic mass is 10.8. The lowest BCUT2D eigenvalue weighted by Gasteiger charge is -1.90. The third kappa shape index (κ3) is 1090. The topological polar surface area (TPSA) is 46.9 Å². The fourth-order valence-corrected chi connectivity index (χ4v) is 0. The van der Waals surface area contributed by atoms with E-state index in [0.717, 1.165) is 0 Å². The van der Waals surface area contributed by atoms with Gasteiger partial charge in [-0.15, -0.1) is 0 Å². The highest BCUT2D eigenvalue weighted by Gasteiger charge is 1.58. The van der Waals surface area contributed by atoms with Gasteiger partial charge in [-0.2, -0.15) is 0 Å². The number of aliphatic hydroxyl groups is 2. The van der Waals surface area contributed by atoms with Crippen LogP contribution in [-0.4, -0.2) is 75.5 Å². The highest BCUT2D eigenvalue weighted by atomic mass is 16.3. The molecule has 0 aromatic rings. The first kappa shape index (κ1) is 17.8. The number of hydrogen-bond donors (Lipinski definition) is 2. The van der Waals surface area contributed by atoms with Crippen molar-refractivity contribution in [2.24, 2.45) is 0 Å². The van der Waals surface area contributed by atoms with Crippen LogP contribution < -0.4 is 0 Å². The second-order valence-corrected chi connectivity index (χ2v) is 3.13. The molecule has 0 atom stereocenters. The molecule has 4 heteroatoms. The van der Waals surface area contributed by atoms with Crippen molar-refractivity contribution in [1.82, 2.24) is 9.80 Å².